The molecule has 0 aliphatic rings. The number of pyridine rings is 1. The van der Waals surface area contributed by atoms with E-state index in [1.54, 1.807) is 0 Å². The standard InChI is InChI=1S/C18H10F6N2O3/c19-15(20)16(21)29-11-3-1-10(2-4-11)13-14(18(22,23)24)25-12-7-9(8-27)5-6-26(12)17(13)28/h1-8,15-16H. The van der Waals surface area contributed by atoms with Gasteiger partial charge in [-0.2, -0.15) is 17.6 Å². The second kappa shape index (κ2) is 7.57. The van der Waals surface area contributed by atoms with Crippen LogP contribution in [0, 0.1) is 0 Å². The fourth-order valence-corrected chi connectivity index (χ4v) is 2.57. The number of halogens is 6. The monoisotopic (exact) mass is 416 g/mol. The van der Waals surface area contributed by atoms with Gasteiger partial charge in [-0.1, -0.05) is 12.1 Å². The molecule has 0 aliphatic carbocycles. The molecule has 0 amide bonds. The van der Waals surface area contributed by atoms with Crippen LogP contribution in [0.5, 0.6) is 5.75 Å². The van der Waals surface area contributed by atoms with Gasteiger partial charge in [0.05, 0.1) is 5.56 Å². The van der Waals surface area contributed by atoms with Gasteiger partial charge in [0, 0.05) is 11.8 Å². The molecule has 152 valence electrons. The first kappa shape index (κ1) is 20.4. The molecule has 0 radical (unpaired) electrons. The predicted octanol–water partition coefficient (Wildman–Crippen LogP) is 4.13. The Morgan fingerprint density at radius 3 is 2.28 bits per heavy atom. The van der Waals surface area contributed by atoms with Gasteiger partial charge in [-0.25, -0.2) is 13.8 Å². The maximum Gasteiger partial charge on any atom is 0.434 e. The molecule has 5 nitrogen and oxygen atoms in total. The van der Waals surface area contributed by atoms with Crippen molar-refractivity contribution in [1.82, 2.24) is 9.38 Å². The van der Waals surface area contributed by atoms with E-state index in [2.05, 4.69) is 9.72 Å². The minimum atomic E-state index is -5.00. The van der Waals surface area contributed by atoms with E-state index in [4.69, 9.17) is 0 Å². The first-order valence-corrected chi connectivity index (χ1v) is 7.90. The van der Waals surface area contributed by atoms with Crippen molar-refractivity contribution in [3.05, 3.63) is 64.2 Å². The Kier molecular flexibility index (Phi) is 5.31. The lowest BCUT2D eigenvalue weighted by Crippen LogP contribution is -2.24. The number of fused-ring (bicyclic) bond motifs is 1. The lowest BCUT2D eigenvalue weighted by atomic mass is 10.0. The summed E-state index contributed by atoms with van der Waals surface area (Å²) in [6.07, 6.45) is -9.83. The average molecular weight is 416 g/mol. The maximum absolute atomic E-state index is 13.5. The molecule has 3 rings (SSSR count). The first-order valence-electron chi connectivity index (χ1n) is 7.90. The number of nitrogens with zero attached hydrogens (tertiary/aromatic N) is 2. The summed E-state index contributed by atoms with van der Waals surface area (Å²) in [4.78, 5) is 27.0. The fraction of sp³-hybridized carbons (Fsp3) is 0.167. The number of ether oxygens (including phenoxy) is 1. The van der Waals surface area contributed by atoms with Crippen molar-refractivity contribution >= 4 is 11.9 Å². The van der Waals surface area contributed by atoms with Gasteiger partial charge in [0.2, 0.25) is 0 Å². The van der Waals surface area contributed by atoms with Crippen molar-refractivity contribution in [2.24, 2.45) is 0 Å². The Hall–Kier alpha value is -3.37. The quantitative estimate of drug-likeness (QED) is 0.464. The molecule has 0 saturated carbocycles. The van der Waals surface area contributed by atoms with Crippen LogP contribution in [-0.4, -0.2) is 28.5 Å². The van der Waals surface area contributed by atoms with E-state index in [1.165, 1.54) is 6.07 Å². The van der Waals surface area contributed by atoms with Crippen molar-refractivity contribution < 1.29 is 35.9 Å². The Labute approximate surface area is 158 Å². The van der Waals surface area contributed by atoms with E-state index < -0.39 is 35.8 Å². The fourth-order valence-electron chi connectivity index (χ4n) is 2.57. The number of rotatable bonds is 5. The normalized spacial score (nSPS) is 12.9. The van der Waals surface area contributed by atoms with Crippen LogP contribution >= 0.6 is 0 Å². The molecule has 3 aromatic rings. The van der Waals surface area contributed by atoms with Gasteiger partial charge in [0.1, 0.15) is 17.7 Å². The molecule has 1 aromatic carbocycles. The van der Waals surface area contributed by atoms with E-state index in [1.807, 2.05) is 0 Å². The van der Waals surface area contributed by atoms with Crippen LogP contribution in [0.3, 0.4) is 0 Å². The summed E-state index contributed by atoms with van der Waals surface area (Å²) in [5.74, 6) is -0.361. The van der Waals surface area contributed by atoms with Gasteiger partial charge < -0.3 is 4.74 Å². The number of hydrogen-bond acceptors (Lipinski definition) is 4. The van der Waals surface area contributed by atoms with E-state index >= 15 is 0 Å². The number of aromatic nitrogens is 2. The topological polar surface area (TPSA) is 60.7 Å². The molecule has 0 saturated heterocycles. The second-order valence-corrected chi connectivity index (χ2v) is 5.77. The molecule has 29 heavy (non-hydrogen) atoms. The zero-order valence-electron chi connectivity index (χ0n) is 14.2. The molecule has 0 bridgehead atoms. The van der Waals surface area contributed by atoms with Crippen molar-refractivity contribution in [3.63, 3.8) is 0 Å². The molecule has 0 spiro atoms. The predicted molar refractivity (Wildman–Crippen MR) is 88.8 cm³/mol. The summed E-state index contributed by atoms with van der Waals surface area (Å²) in [5.41, 5.74) is -3.94. The number of carbonyl (C=O) groups excluding carboxylic acids is 1. The van der Waals surface area contributed by atoms with Crippen LogP contribution < -0.4 is 10.3 Å². The first-order chi connectivity index (χ1) is 13.6. The van der Waals surface area contributed by atoms with Gasteiger partial charge in [-0.15, -0.1) is 0 Å². The Morgan fingerprint density at radius 2 is 1.72 bits per heavy atom. The molecule has 11 heteroatoms. The largest absolute Gasteiger partial charge is 0.454 e. The van der Waals surface area contributed by atoms with Gasteiger partial charge in [0.25, 0.3) is 11.9 Å². The molecular weight excluding hydrogens is 406 g/mol. The summed E-state index contributed by atoms with van der Waals surface area (Å²) in [6, 6.07) is 6.14. The Bertz CT molecular complexity index is 1110. The summed E-state index contributed by atoms with van der Waals surface area (Å²) < 4.78 is 83.1. The Morgan fingerprint density at radius 1 is 1.07 bits per heavy atom. The molecular formula is C18H10F6N2O3. The van der Waals surface area contributed by atoms with Crippen molar-refractivity contribution in [2.75, 3.05) is 0 Å². The number of aldehydes is 1. The summed E-state index contributed by atoms with van der Waals surface area (Å²) >= 11 is 0. The highest BCUT2D eigenvalue weighted by Crippen LogP contribution is 2.34. The van der Waals surface area contributed by atoms with Gasteiger partial charge in [-0.05, 0) is 29.8 Å². The van der Waals surface area contributed by atoms with Crippen LogP contribution in [0.1, 0.15) is 16.1 Å². The van der Waals surface area contributed by atoms with Crippen LogP contribution in [0.15, 0.2) is 47.4 Å². The molecule has 2 heterocycles. The maximum atomic E-state index is 13.5. The third-order valence-corrected chi connectivity index (χ3v) is 3.85. The number of hydrogen-bond donors (Lipinski definition) is 0. The van der Waals surface area contributed by atoms with Crippen LogP contribution in [0.4, 0.5) is 26.3 Å². The molecule has 0 fully saturated rings. The Balaban J connectivity index is 2.16. The number of benzene rings is 1. The highest BCUT2D eigenvalue weighted by atomic mass is 19.4. The molecule has 2 aromatic heterocycles. The minimum absolute atomic E-state index is 0.0269. The van der Waals surface area contributed by atoms with Gasteiger partial charge in [0.15, 0.2) is 5.69 Å². The number of alkyl halides is 6. The van der Waals surface area contributed by atoms with Crippen LogP contribution in [-0.2, 0) is 6.18 Å². The molecule has 1 unspecified atom stereocenters. The van der Waals surface area contributed by atoms with E-state index in [0.717, 1.165) is 40.9 Å². The third-order valence-electron chi connectivity index (χ3n) is 3.85. The zero-order chi connectivity index (χ0) is 21.3. The minimum Gasteiger partial charge on any atom is -0.454 e. The van der Waals surface area contributed by atoms with Crippen molar-refractivity contribution in [1.29, 1.82) is 0 Å². The SMILES string of the molecule is O=Cc1ccn2c(=O)c(-c3ccc(OC(F)C(F)F)cc3)c(C(F)(F)F)nc2c1. The second-order valence-electron chi connectivity index (χ2n) is 5.77. The summed E-state index contributed by atoms with van der Waals surface area (Å²) in [5, 5.41) is 0. The lowest BCUT2D eigenvalue weighted by Gasteiger charge is -2.14. The van der Waals surface area contributed by atoms with Crippen LogP contribution in [0.2, 0.25) is 0 Å². The van der Waals surface area contributed by atoms with E-state index in [0.29, 0.717) is 6.29 Å². The van der Waals surface area contributed by atoms with Crippen molar-refractivity contribution in [2.45, 2.75) is 19.0 Å². The zero-order valence-corrected chi connectivity index (χ0v) is 14.2. The molecule has 1 atom stereocenters. The van der Waals surface area contributed by atoms with Gasteiger partial charge in [-0.3, -0.25) is 14.0 Å². The smallest absolute Gasteiger partial charge is 0.434 e. The highest BCUT2D eigenvalue weighted by Gasteiger charge is 2.38. The number of carbonyl (C=O) groups is 1. The van der Waals surface area contributed by atoms with Gasteiger partial charge >= 0.3 is 12.6 Å². The summed E-state index contributed by atoms with van der Waals surface area (Å²) in [6.45, 7) is 0. The lowest BCUT2D eigenvalue weighted by molar-refractivity contribution is -0.140. The third kappa shape index (κ3) is 4.08. The van der Waals surface area contributed by atoms with E-state index in [-0.39, 0.29) is 22.5 Å². The van der Waals surface area contributed by atoms with E-state index in [9.17, 15) is 35.9 Å². The molecule has 0 N–H and O–H groups in total. The molecule has 0 aliphatic heterocycles. The van der Waals surface area contributed by atoms with Crippen molar-refractivity contribution in [3.8, 4) is 16.9 Å². The highest BCUT2D eigenvalue weighted by molar-refractivity contribution is 5.77. The summed E-state index contributed by atoms with van der Waals surface area (Å²) in [7, 11) is 0. The van der Waals surface area contributed by atoms with Crippen LogP contribution in [0.25, 0.3) is 16.8 Å². The average Bonchev–Trinajstić information content (AvgIpc) is 2.67.